The number of hydrogen-bond donors (Lipinski definition) is 2. The first-order chi connectivity index (χ1) is 6.59. The fourth-order valence-electron chi connectivity index (χ4n) is 0.750. The van der Waals surface area contributed by atoms with Gasteiger partial charge in [0.1, 0.15) is 10.7 Å². The number of halogens is 2. The summed E-state index contributed by atoms with van der Waals surface area (Å²) in [5, 5.41) is 2.35. The molecule has 14 heavy (non-hydrogen) atoms. The Labute approximate surface area is 84.5 Å². The van der Waals surface area contributed by atoms with Crippen LogP contribution in [0, 0.1) is 0 Å². The van der Waals surface area contributed by atoms with E-state index in [2.05, 4.69) is 27.5 Å². The molecular formula is C7H8F2N4S. The lowest BCUT2D eigenvalue weighted by Gasteiger charge is -2.04. The van der Waals surface area contributed by atoms with Gasteiger partial charge in [-0.1, -0.05) is 12.2 Å². The minimum absolute atomic E-state index is 0.0931. The zero-order chi connectivity index (χ0) is 10.6. The van der Waals surface area contributed by atoms with Crippen molar-refractivity contribution < 1.29 is 8.78 Å². The second-order valence-electron chi connectivity index (χ2n) is 2.40. The van der Waals surface area contributed by atoms with E-state index in [0.29, 0.717) is 5.69 Å². The third kappa shape index (κ3) is 3.17. The second-order valence-corrected chi connectivity index (χ2v) is 2.84. The highest BCUT2D eigenvalue weighted by Crippen LogP contribution is 2.01. The number of nitrogens with zero attached hydrogens (tertiary/aromatic N) is 2. The van der Waals surface area contributed by atoms with Crippen LogP contribution in [-0.2, 0) is 0 Å². The van der Waals surface area contributed by atoms with Crippen LogP contribution in [0.3, 0.4) is 0 Å². The van der Waals surface area contributed by atoms with Gasteiger partial charge >= 0.3 is 0 Å². The molecule has 0 saturated carbocycles. The van der Waals surface area contributed by atoms with Crippen LogP contribution in [0.5, 0.6) is 0 Å². The van der Waals surface area contributed by atoms with Gasteiger partial charge < -0.3 is 11.1 Å². The van der Waals surface area contributed by atoms with E-state index in [9.17, 15) is 8.78 Å². The average molecular weight is 218 g/mol. The summed E-state index contributed by atoms with van der Waals surface area (Å²) in [5.74, 6) is 0.0931. The van der Waals surface area contributed by atoms with E-state index in [1.165, 1.54) is 12.3 Å². The van der Waals surface area contributed by atoms with Gasteiger partial charge in [-0.3, -0.25) is 0 Å². The molecule has 7 heteroatoms. The fourth-order valence-corrected chi connectivity index (χ4v) is 0.863. The minimum Gasteiger partial charge on any atom is -0.388 e. The standard InChI is InChI=1S/C7H8F2N4S/c8-5(9)3-12-7-11-2-1-4(13-7)6(10)14/h1-2,5H,3H2,(H2,10,14)(H,11,12,13). The van der Waals surface area contributed by atoms with Crippen molar-refractivity contribution in [2.75, 3.05) is 11.9 Å². The molecule has 0 bridgehead atoms. The third-order valence-corrected chi connectivity index (χ3v) is 1.53. The molecular weight excluding hydrogens is 210 g/mol. The normalized spacial score (nSPS) is 10.2. The minimum atomic E-state index is -2.45. The predicted molar refractivity (Wildman–Crippen MR) is 52.4 cm³/mol. The lowest BCUT2D eigenvalue weighted by molar-refractivity contribution is 0.163. The van der Waals surface area contributed by atoms with E-state index in [1.54, 1.807) is 0 Å². The molecule has 0 saturated heterocycles. The van der Waals surface area contributed by atoms with Crippen LogP contribution in [0.15, 0.2) is 12.3 Å². The van der Waals surface area contributed by atoms with E-state index >= 15 is 0 Å². The molecule has 4 nitrogen and oxygen atoms in total. The van der Waals surface area contributed by atoms with E-state index in [4.69, 9.17) is 5.73 Å². The maximum atomic E-state index is 11.8. The summed E-state index contributed by atoms with van der Waals surface area (Å²) >= 11 is 4.67. The first-order valence-electron chi connectivity index (χ1n) is 3.74. The summed E-state index contributed by atoms with van der Waals surface area (Å²) in [7, 11) is 0. The lowest BCUT2D eigenvalue weighted by atomic mass is 10.4. The Kier molecular flexibility index (Phi) is 3.63. The molecule has 0 aromatic carbocycles. The van der Waals surface area contributed by atoms with Crippen LogP contribution in [0.25, 0.3) is 0 Å². The van der Waals surface area contributed by atoms with Crippen molar-refractivity contribution in [3.05, 3.63) is 18.0 Å². The predicted octanol–water partition coefficient (Wildman–Crippen LogP) is 0.788. The van der Waals surface area contributed by atoms with Crippen LogP contribution < -0.4 is 11.1 Å². The molecule has 0 amide bonds. The van der Waals surface area contributed by atoms with E-state index in [0.717, 1.165) is 0 Å². The summed E-state index contributed by atoms with van der Waals surface area (Å²) in [4.78, 5) is 7.65. The highest BCUT2D eigenvalue weighted by molar-refractivity contribution is 7.80. The van der Waals surface area contributed by atoms with Crippen LogP contribution in [0.4, 0.5) is 14.7 Å². The Morgan fingerprint density at radius 1 is 1.64 bits per heavy atom. The maximum Gasteiger partial charge on any atom is 0.255 e. The molecule has 0 spiro atoms. The zero-order valence-electron chi connectivity index (χ0n) is 7.08. The first-order valence-corrected chi connectivity index (χ1v) is 4.15. The van der Waals surface area contributed by atoms with Crippen LogP contribution in [0.1, 0.15) is 5.69 Å². The molecule has 0 fully saturated rings. The average Bonchev–Trinajstić information content (AvgIpc) is 2.15. The number of rotatable bonds is 4. The van der Waals surface area contributed by atoms with Crippen molar-refractivity contribution in [1.29, 1.82) is 0 Å². The molecule has 0 aliphatic carbocycles. The fraction of sp³-hybridized carbons (Fsp3) is 0.286. The number of aromatic nitrogens is 2. The summed E-state index contributed by atoms with van der Waals surface area (Å²) in [6.07, 6.45) is -1.05. The Balaban J connectivity index is 2.69. The molecule has 0 radical (unpaired) electrons. The Morgan fingerprint density at radius 2 is 2.36 bits per heavy atom. The van der Waals surface area contributed by atoms with Gasteiger partial charge in [-0.25, -0.2) is 18.7 Å². The lowest BCUT2D eigenvalue weighted by Crippen LogP contribution is -2.16. The summed E-state index contributed by atoms with van der Waals surface area (Å²) < 4.78 is 23.6. The number of alkyl halides is 2. The van der Waals surface area contributed by atoms with Crippen molar-refractivity contribution in [2.24, 2.45) is 5.73 Å². The van der Waals surface area contributed by atoms with E-state index in [-0.39, 0.29) is 10.9 Å². The Hall–Kier alpha value is -1.37. The molecule has 1 heterocycles. The van der Waals surface area contributed by atoms with E-state index in [1.807, 2.05) is 0 Å². The van der Waals surface area contributed by atoms with Gasteiger partial charge in [-0.15, -0.1) is 0 Å². The van der Waals surface area contributed by atoms with Crippen molar-refractivity contribution in [3.8, 4) is 0 Å². The molecule has 0 aliphatic heterocycles. The molecule has 1 aromatic heterocycles. The van der Waals surface area contributed by atoms with Gasteiger partial charge in [0.15, 0.2) is 0 Å². The van der Waals surface area contributed by atoms with Gasteiger partial charge in [0.25, 0.3) is 6.43 Å². The third-order valence-electron chi connectivity index (χ3n) is 1.32. The SMILES string of the molecule is NC(=S)c1ccnc(NCC(F)F)n1. The van der Waals surface area contributed by atoms with Crippen LogP contribution in [-0.4, -0.2) is 27.9 Å². The largest absolute Gasteiger partial charge is 0.388 e. The quantitative estimate of drug-likeness (QED) is 0.731. The van der Waals surface area contributed by atoms with Gasteiger partial charge in [-0.05, 0) is 6.07 Å². The monoisotopic (exact) mass is 218 g/mol. The van der Waals surface area contributed by atoms with Crippen molar-refractivity contribution >= 4 is 23.2 Å². The summed E-state index contributed by atoms with van der Waals surface area (Å²) in [5.41, 5.74) is 5.66. The molecule has 3 N–H and O–H groups in total. The highest BCUT2D eigenvalue weighted by Gasteiger charge is 2.04. The van der Waals surface area contributed by atoms with Gasteiger partial charge in [-0.2, -0.15) is 0 Å². The molecule has 1 aromatic rings. The zero-order valence-corrected chi connectivity index (χ0v) is 7.89. The summed E-state index contributed by atoms with van der Waals surface area (Å²) in [6.45, 7) is -0.499. The summed E-state index contributed by atoms with van der Waals surface area (Å²) in [6, 6.07) is 1.51. The van der Waals surface area contributed by atoms with Gasteiger partial charge in [0, 0.05) is 6.20 Å². The van der Waals surface area contributed by atoms with Gasteiger partial charge in [0.2, 0.25) is 5.95 Å². The highest BCUT2D eigenvalue weighted by atomic mass is 32.1. The molecule has 1 rings (SSSR count). The van der Waals surface area contributed by atoms with E-state index < -0.39 is 13.0 Å². The molecule has 76 valence electrons. The number of thiocarbonyl (C=S) groups is 1. The Morgan fingerprint density at radius 3 is 2.93 bits per heavy atom. The van der Waals surface area contributed by atoms with Crippen molar-refractivity contribution in [3.63, 3.8) is 0 Å². The number of nitrogens with two attached hydrogens (primary N) is 1. The van der Waals surface area contributed by atoms with Crippen LogP contribution in [0.2, 0.25) is 0 Å². The number of hydrogen-bond acceptors (Lipinski definition) is 4. The smallest absolute Gasteiger partial charge is 0.255 e. The Bertz CT molecular complexity index is 331. The van der Waals surface area contributed by atoms with Crippen molar-refractivity contribution in [2.45, 2.75) is 6.43 Å². The van der Waals surface area contributed by atoms with Crippen LogP contribution >= 0.6 is 12.2 Å². The molecule has 0 aliphatic rings. The molecule has 0 unspecified atom stereocenters. The van der Waals surface area contributed by atoms with Crippen molar-refractivity contribution in [1.82, 2.24) is 9.97 Å². The van der Waals surface area contributed by atoms with Gasteiger partial charge in [0.05, 0.1) is 6.54 Å². The molecule has 0 atom stereocenters. The maximum absolute atomic E-state index is 11.8. The first kappa shape index (κ1) is 10.7. The number of nitrogens with one attached hydrogen (secondary N) is 1. The topological polar surface area (TPSA) is 63.8 Å². The second kappa shape index (κ2) is 4.75. The number of anilines is 1.